The number of benzene rings is 3. The molecule has 0 radical (unpaired) electrons. The minimum atomic E-state index is -2.36. The lowest BCUT2D eigenvalue weighted by molar-refractivity contribution is -0.849. The molecule has 1 aliphatic rings. The zero-order valence-corrected chi connectivity index (χ0v) is 20.9. The standard InChI is InChI=1S/C25H25BO3.C4H12N/c27-26(28)29-25(23-17-9-3-10-18-23)20-12-4-11-19-24(25,21-13-5-1-6-14-21)22-15-7-2-8-16-22;1-5(2,3)4/h1-3,5-10,13-18H,4,11-12,19-20H2;1-4H3/q-2;+1. The van der Waals surface area contributed by atoms with Crippen LogP contribution in [0, 0.1) is 0 Å². The maximum atomic E-state index is 12.1. The Hall–Kier alpha value is -2.44. The number of nitrogens with zero attached hydrogens (tertiary/aromatic N) is 1. The average molecular weight is 458 g/mol. The molecule has 0 aliphatic heterocycles. The molecule has 0 bridgehead atoms. The van der Waals surface area contributed by atoms with Crippen LogP contribution in [0.15, 0.2) is 91.0 Å². The maximum absolute atomic E-state index is 12.1. The Morgan fingerprint density at radius 2 is 1.00 bits per heavy atom. The van der Waals surface area contributed by atoms with Crippen LogP contribution in [0.5, 0.6) is 0 Å². The van der Waals surface area contributed by atoms with Gasteiger partial charge in [-0.1, -0.05) is 110 Å². The molecule has 0 saturated heterocycles. The predicted molar refractivity (Wildman–Crippen MR) is 136 cm³/mol. The molecular formula is C29H37BNO3-. The van der Waals surface area contributed by atoms with Crippen molar-refractivity contribution in [1.82, 2.24) is 0 Å². The van der Waals surface area contributed by atoms with Gasteiger partial charge in [0, 0.05) is 0 Å². The zero-order valence-electron chi connectivity index (χ0n) is 20.9. The van der Waals surface area contributed by atoms with Gasteiger partial charge < -0.3 is 19.2 Å². The van der Waals surface area contributed by atoms with Crippen LogP contribution in [0.25, 0.3) is 0 Å². The van der Waals surface area contributed by atoms with Crippen LogP contribution in [-0.4, -0.2) is 40.0 Å². The fraction of sp³-hybridized carbons (Fsp3) is 0.379. The predicted octanol–water partition coefficient (Wildman–Crippen LogP) is 3.88. The fourth-order valence-corrected chi connectivity index (χ4v) is 5.21. The number of hydrogen-bond donors (Lipinski definition) is 0. The average Bonchev–Trinajstić information content (AvgIpc) is 3.00. The van der Waals surface area contributed by atoms with Gasteiger partial charge in [0.1, 0.15) is 0 Å². The third-order valence-electron chi connectivity index (χ3n) is 6.34. The van der Waals surface area contributed by atoms with Crippen LogP contribution >= 0.6 is 0 Å². The SMILES string of the molecule is C[N+](C)(C)C.[O-]B([O-])OC1(c2ccccc2)CCCCCC1(c1ccccc1)c1ccccc1. The lowest BCUT2D eigenvalue weighted by atomic mass is 9.57. The summed E-state index contributed by atoms with van der Waals surface area (Å²) in [4.78, 5) is 0. The van der Waals surface area contributed by atoms with Crippen LogP contribution in [0.2, 0.25) is 0 Å². The van der Waals surface area contributed by atoms with E-state index in [0.29, 0.717) is 6.42 Å². The third kappa shape index (κ3) is 5.97. The van der Waals surface area contributed by atoms with E-state index in [1.807, 2.05) is 66.7 Å². The van der Waals surface area contributed by atoms with E-state index >= 15 is 0 Å². The summed E-state index contributed by atoms with van der Waals surface area (Å²) in [5, 5.41) is 24.1. The lowest BCUT2D eigenvalue weighted by Crippen LogP contribution is -2.60. The summed E-state index contributed by atoms with van der Waals surface area (Å²) in [6.07, 6.45) is 4.39. The minimum absolute atomic E-state index is 0.625. The minimum Gasteiger partial charge on any atom is -0.871 e. The molecule has 3 aromatic carbocycles. The molecule has 0 spiro atoms. The number of hydrogen-bond acceptors (Lipinski definition) is 3. The van der Waals surface area contributed by atoms with Crippen molar-refractivity contribution in [3.8, 4) is 0 Å². The molecule has 180 valence electrons. The molecule has 3 aromatic rings. The van der Waals surface area contributed by atoms with E-state index in [2.05, 4.69) is 52.5 Å². The Balaban J connectivity index is 0.000000588. The first-order valence-corrected chi connectivity index (χ1v) is 12.1. The smallest absolute Gasteiger partial charge is 0.0872 e. The summed E-state index contributed by atoms with van der Waals surface area (Å²) >= 11 is 0. The largest absolute Gasteiger partial charge is 0.871 e. The normalized spacial score (nSPS) is 19.9. The highest BCUT2D eigenvalue weighted by Crippen LogP contribution is 2.56. The Bertz CT molecular complexity index is 945. The first kappa shape index (κ1) is 26.2. The number of rotatable bonds is 5. The highest BCUT2D eigenvalue weighted by atomic mass is 16.6. The van der Waals surface area contributed by atoms with E-state index in [-0.39, 0.29) is 0 Å². The van der Waals surface area contributed by atoms with Crippen molar-refractivity contribution in [3.05, 3.63) is 108 Å². The van der Waals surface area contributed by atoms with Crippen LogP contribution in [-0.2, 0) is 15.7 Å². The van der Waals surface area contributed by atoms with Gasteiger partial charge in [0.25, 0.3) is 0 Å². The molecule has 5 heteroatoms. The molecule has 1 unspecified atom stereocenters. The van der Waals surface area contributed by atoms with Crippen LogP contribution in [0.3, 0.4) is 0 Å². The Kier molecular flexibility index (Phi) is 8.72. The van der Waals surface area contributed by atoms with Gasteiger partial charge in [0.15, 0.2) is 0 Å². The van der Waals surface area contributed by atoms with Gasteiger partial charge in [-0.2, -0.15) is 0 Å². The second kappa shape index (κ2) is 11.3. The van der Waals surface area contributed by atoms with E-state index in [4.69, 9.17) is 4.65 Å². The van der Waals surface area contributed by atoms with Gasteiger partial charge in [-0.25, -0.2) is 0 Å². The fourth-order valence-electron chi connectivity index (χ4n) is 5.21. The third-order valence-corrected chi connectivity index (χ3v) is 6.34. The van der Waals surface area contributed by atoms with Crippen molar-refractivity contribution in [1.29, 1.82) is 0 Å². The van der Waals surface area contributed by atoms with E-state index in [1.165, 1.54) is 0 Å². The molecule has 4 nitrogen and oxygen atoms in total. The summed E-state index contributed by atoms with van der Waals surface area (Å²) in [5.41, 5.74) is 1.41. The first-order valence-electron chi connectivity index (χ1n) is 12.1. The van der Waals surface area contributed by atoms with Gasteiger partial charge in [-0.05, 0) is 29.5 Å². The highest BCUT2D eigenvalue weighted by molar-refractivity contribution is 6.28. The van der Waals surface area contributed by atoms with Gasteiger partial charge in [-0.15, -0.1) is 0 Å². The summed E-state index contributed by atoms with van der Waals surface area (Å²) in [5.74, 6) is 0. The summed E-state index contributed by atoms with van der Waals surface area (Å²) < 4.78 is 6.96. The number of quaternary nitrogens is 1. The monoisotopic (exact) mass is 458 g/mol. The quantitative estimate of drug-likeness (QED) is 0.331. The van der Waals surface area contributed by atoms with Gasteiger partial charge in [0.2, 0.25) is 0 Å². The summed E-state index contributed by atoms with van der Waals surface area (Å²) in [6, 6.07) is 30.3. The molecule has 4 rings (SSSR count). The van der Waals surface area contributed by atoms with Gasteiger partial charge in [-0.3, -0.25) is 0 Å². The van der Waals surface area contributed by atoms with Crippen molar-refractivity contribution in [2.24, 2.45) is 0 Å². The molecule has 1 saturated carbocycles. The zero-order chi connectivity index (χ0) is 24.7. The highest BCUT2D eigenvalue weighted by Gasteiger charge is 2.54. The van der Waals surface area contributed by atoms with Crippen molar-refractivity contribution in [3.63, 3.8) is 0 Å². The Morgan fingerprint density at radius 3 is 1.41 bits per heavy atom. The van der Waals surface area contributed by atoms with E-state index in [1.54, 1.807) is 0 Å². The van der Waals surface area contributed by atoms with Gasteiger partial charge >= 0.3 is 0 Å². The molecule has 1 atom stereocenters. The van der Waals surface area contributed by atoms with E-state index in [9.17, 15) is 10.0 Å². The van der Waals surface area contributed by atoms with Crippen LogP contribution < -0.4 is 10.0 Å². The van der Waals surface area contributed by atoms with Crippen molar-refractivity contribution < 1.29 is 19.2 Å². The second-order valence-corrected chi connectivity index (χ2v) is 10.5. The Morgan fingerprint density at radius 1 is 0.618 bits per heavy atom. The molecule has 34 heavy (non-hydrogen) atoms. The topological polar surface area (TPSA) is 55.3 Å². The molecule has 1 aliphatic carbocycles. The van der Waals surface area contributed by atoms with Gasteiger partial charge in [0.05, 0.1) is 46.5 Å². The van der Waals surface area contributed by atoms with Crippen LogP contribution in [0.1, 0.15) is 48.8 Å². The van der Waals surface area contributed by atoms with Crippen LogP contribution in [0.4, 0.5) is 0 Å². The van der Waals surface area contributed by atoms with E-state index < -0.39 is 18.3 Å². The molecular weight excluding hydrogens is 421 g/mol. The first-order chi connectivity index (χ1) is 16.2. The van der Waals surface area contributed by atoms with Crippen molar-refractivity contribution in [2.75, 3.05) is 28.2 Å². The molecule has 0 heterocycles. The summed E-state index contributed by atoms with van der Waals surface area (Å²) in [6.45, 7) is 0. The Labute approximate surface area is 205 Å². The second-order valence-electron chi connectivity index (χ2n) is 10.5. The molecule has 0 N–H and O–H groups in total. The molecule has 0 aromatic heterocycles. The maximum Gasteiger partial charge on any atom is 0.0872 e. The summed E-state index contributed by atoms with van der Waals surface area (Å²) in [7, 11) is 6.14. The van der Waals surface area contributed by atoms with Crippen molar-refractivity contribution in [2.45, 2.75) is 43.1 Å². The molecule has 1 fully saturated rings. The lowest BCUT2D eigenvalue weighted by Gasteiger charge is -2.55. The van der Waals surface area contributed by atoms with E-state index in [0.717, 1.165) is 46.9 Å². The molecule has 0 amide bonds. The van der Waals surface area contributed by atoms with Crippen molar-refractivity contribution >= 4 is 7.32 Å².